The topological polar surface area (TPSA) is 38.8 Å². The van der Waals surface area contributed by atoms with Crippen molar-refractivity contribution in [2.24, 2.45) is 0 Å². The highest BCUT2D eigenvalue weighted by Crippen LogP contribution is 2.38. The van der Waals surface area contributed by atoms with Crippen LogP contribution in [-0.2, 0) is 26.8 Å². The fraction of sp³-hybridized carbons (Fsp3) is 0.483. The van der Waals surface area contributed by atoms with Gasteiger partial charge in [-0.15, -0.1) is 0 Å². The molecule has 2 aromatic carbocycles. The number of esters is 1. The van der Waals surface area contributed by atoms with Crippen LogP contribution < -0.4 is 0 Å². The van der Waals surface area contributed by atoms with E-state index in [0.29, 0.717) is 12.6 Å². The van der Waals surface area contributed by atoms with Gasteiger partial charge in [-0.2, -0.15) is 0 Å². The van der Waals surface area contributed by atoms with Gasteiger partial charge in [0.2, 0.25) is 0 Å². The standard InChI is InChI=1S/C29H40FNO3Si/c1-29(2,3)35(5,6)34-20-19-31(18-17-22-7-12-25(30)13-8-22)27-15-11-24-21-23(9-14-26(24)27)10-16-28(32)33-4/h7-10,12-14,16,21,27H,11,15,17-20H2,1-6H3. The van der Waals surface area contributed by atoms with Gasteiger partial charge in [0, 0.05) is 31.8 Å². The van der Waals surface area contributed by atoms with E-state index in [-0.39, 0.29) is 16.8 Å². The van der Waals surface area contributed by atoms with Gasteiger partial charge in [-0.3, -0.25) is 4.90 Å². The summed E-state index contributed by atoms with van der Waals surface area (Å²) < 4.78 is 24.6. The number of nitrogens with zero attached hydrogens (tertiary/aromatic N) is 1. The summed E-state index contributed by atoms with van der Waals surface area (Å²) in [6.45, 7) is 13.9. The van der Waals surface area contributed by atoms with E-state index < -0.39 is 8.32 Å². The van der Waals surface area contributed by atoms with Gasteiger partial charge in [-0.25, -0.2) is 9.18 Å². The first kappa shape index (κ1) is 27.3. The molecule has 0 heterocycles. The monoisotopic (exact) mass is 497 g/mol. The van der Waals surface area contributed by atoms with Crippen molar-refractivity contribution in [2.75, 3.05) is 26.8 Å². The zero-order valence-corrected chi connectivity index (χ0v) is 23.1. The molecule has 0 spiro atoms. The van der Waals surface area contributed by atoms with E-state index in [1.54, 1.807) is 6.08 Å². The van der Waals surface area contributed by atoms with Crippen LogP contribution in [0.3, 0.4) is 0 Å². The Morgan fingerprint density at radius 3 is 2.51 bits per heavy atom. The molecule has 0 amide bonds. The van der Waals surface area contributed by atoms with E-state index in [4.69, 9.17) is 9.16 Å². The highest BCUT2D eigenvalue weighted by atomic mass is 28.4. The van der Waals surface area contributed by atoms with E-state index in [1.165, 1.54) is 36.4 Å². The first-order valence-electron chi connectivity index (χ1n) is 12.5. The van der Waals surface area contributed by atoms with Crippen LogP contribution in [0.4, 0.5) is 4.39 Å². The number of halogens is 1. The van der Waals surface area contributed by atoms with Crippen LogP contribution in [0.5, 0.6) is 0 Å². The number of carbonyl (C=O) groups excluding carboxylic acids is 1. The Morgan fingerprint density at radius 2 is 1.86 bits per heavy atom. The number of methoxy groups -OCH3 is 1. The summed E-state index contributed by atoms with van der Waals surface area (Å²) in [7, 11) is -0.435. The molecule has 0 saturated heterocycles. The van der Waals surface area contributed by atoms with Crippen molar-refractivity contribution in [1.82, 2.24) is 4.90 Å². The van der Waals surface area contributed by atoms with E-state index in [1.807, 2.05) is 12.1 Å². The second-order valence-electron chi connectivity index (χ2n) is 10.9. The van der Waals surface area contributed by atoms with E-state index >= 15 is 0 Å². The lowest BCUT2D eigenvalue weighted by Crippen LogP contribution is -2.43. The van der Waals surface area contributed by atoms with Crippen LogP contribution >= 0.6 is 0 Å². The number of fused-ring (bicyclic) bond motifs is 1. The number of aryl methyl sites for hydroxylation is 1. The van der Waals surface area contributed by atoms with Crippen LogP contribution in [0, 0.1) is 5.82 Å². The summed E-state index contributed by atoms with van der Waals surface area (Å²) in [5, 5.41) is 0.181. The molecule has 6 heteroatoms. The predicted octanol–water partition coefficient (Wildman–Crippen LogP) is 6.57. The lowest BCUT2D eigenvalue weighted by atomic mass is 10.0. The molecule has 0 saturated carbocycles. The molecule has 2 aromatic rings. The van der Waals surface area contributed by atoms with Gasteiger partial charge in [0.15, 0.2) is 8.32 Å². The minimum atomic E-state index is -1.82. The number of hydrogen-bond donors (Lipinski definition) is 0. The highest BCUT2D eigenvalue weighted by Gasteiger charge is 2.37. The molecular formula is C29H40FNO3Si. The molecule has 0 fully saturated rings. The number of benzene rings is 2. The van der Waals surface area contributed by atoms with E-state index in [0.717, 1.165) is 43.5 Å². The minimum absolute atomic E-state index is 0.181. The van der Waals surface area contributed by atoms with Crippen LogP contribution in [0.25, 0.3) is 6.08 Å². The number of rotatable bonds is 10. The maximum atomic E-state index is 13.4. The summed E-state index contributed by atoms with van der Waals surface area (Å²) >= 11 is 0. The second kappa shape index (κ2) is 11.6. The summed E-state index contributed by atoms with van der Waals surface area (Å²) in [6, 6.07) is 13.6. The molecule has 0 bridgehead atoms. The largest absolute Gasteiger partial charge is 0.466 e. The summed E-state index contributed by atoms with van der Waals surface area (Å²) in [4.78, 5) is 14.0. The average molecular weight is 498 g/mol. The summed E-state index contributed by atoms with van der Waals surface area (Å²) in [6.07, 6.45) is 6.20. The van der Waals surface area contributed by atoms with Crippen LogP contribution in [0.1, 0.15) is 55.5 Å². The van der Waals surface area contributed by atoms with Crippen LogP contribution in [0.15, 0.2) is 48.5 Å². The van der Waals surface area contributed by atoms with Gasteiger partial charge in [-0.1, -0.05) is 51.1 Å². The highest BCUT2D eigenvalue weighted by molar-refractivity contribution is 6.74. The number of carbonyl (C=O) groups is 1. The van der Waals surface area contributed by atoms with Gasteiger partial charge < -0.3 is 9.16 Å². The molecule has 35 heavy (non-hydrogen) atoms. The predicted molar refractivity (Wildman–Crippen MR) is 143 cm³/mol. The Bertz CT molecular complexity index is 1030. The molecule has 3 rings (SSSR count). The fourth-order valence-electron chi connectivity index (χ4n) is 4.31. The quantitative estimate of drug-likeness (QED) is 0.212. The summed E-state index contributed by atoms with van der Waals surface area (Å²) in [5.74, 6) is -0.549. The SMILES string of the molecule is COC(=O)C=Cc1ccc2c(c1)CCC2N(CCO[Si](C)(C)C(C)(C)C)CCc1ccc(F)cc1. The molecule has 1 aliphatic rings. The van der Waals surface area contributed by atoms with Crippen molar-refractivity contribution < 1.29 is 18.3 Å². The number of hydrogen-bond acceptors (Lipinski definition) is 4. The molecule has 0 aliphatic heterocycles. The van der Waals surface area contributed by atoms with Crippen molar-refractivity contribution in [1.29, 1.82) is 0 Å². The molecule has 1 aliphatic carbocycles. The molecule has 4 nitrogen and oxygen atoms in total. The summed E-state index contributed by atoms with van der Waals surface area (Å²) in [5.41, 5.74) is 4.84. The average Bonchev–Trinajstić information content (AvgIpc) is 3.23. The van der Waals surface area contributed by atoms with E-state index in [2.05, 4.69) is 57.0 Å². The lowest BCUT2D eigenvalue weighted by Gasteiger charge is -2.37. The molecule has 1 atom stereocenters. The molecule has 1 unspecified atom stereocenters. The van der Waals surface area contributed by atoms with Crippen LogP contribution in [-0.4, -0.2) is 46.0 Å². The first-order chi connectivity index (χ1) is 16.5. The zero-order chi connectivity index (χ0) is 25.6. The normalized spacial score (nSPS) is 16.2. The Balaban J connectivity index is 1.75. The van der Waals surface area contributed by atoms with E-state index in [9.17, 15) is 9.18 Å². The first-order valence-corrected chi connectivity index (χ1v) is 15.4. The maximum Gasteiger partial charge on any atom is 0.330 e. The van der Waals surface area contributed by atoms with Crippen molar-refractivity contribution in [3.05, 3.63) is 76.6 Å². The van der Waals surface area contributed by atoms with Gasteiger partial charge in [0.1, 0.15) is 5.82 Å². The van der Waals surface area contributed by atoms with Crippen molar-refractivity contribution in [2.45, 2.75) is 64.2 Å². The second-order valence-corrected chi connectivity index (χ2v) is 15.7. The fourth-order valence-corrected chi connectivity index (χ4v) is 5.35. The Labute approximate surface area is 211 Å². The molecule has 190 valence electrons. The van der Waals surface area contributed by atoms with Crippen molar-refractivity contribution in [3.63, 3.8) is 0 Å². The van der Waals surface area contributed by atoms with Gasteiger partial charge in [-0.05, 0) is 77.9 Å². The molecule has 0 radical (unpaired) electrons. The van der Waals surface area contributed by atoms with Gasteiger partial charge >= 0.3 is 5.97 Å². The third-order valence-corrected chi connectivity index (χ3v) is 12.1. The van der Waals surface area contributed by atoms with Gasteiger partial charge in [0.05, 0.1) is 7.11 Å². The Morgan fingerprint density at radius 1 is 1.14 bits per heavy atom. The maximum absolute atomic E-state index is 13.4. The molecule has 0 aromatic heterocycles. The van der Waals surface area contributed by atoms with Crippen LogP contribution in [0.2, 0.25) is 18.1 Å². The zero-order valence-electron chi connectivity index (χ0n) is 22.1. The van der Waals surface area contributed by atoms with Crippen molar-refractivity contribution in [3.8, 4) is 0 Å². The minimum Gasteiger partial charge on any atom is -0.466 e. The number of ether oxygens (including phenoxy) is 1. The van der Waals surface area contributed by atoms with Gasteiger partial charge in [0.25, 0.3) is 0 Å². The third-order valence-electron chi connectivity index (χ3n) is 7.52. The Kier molecular flexibility index (Phi) is 9.08. The molecule has 0 N–H and O–H groups in total. The lowest BCUT2D eigenvalue weighted by molar-refractivity contribution is -0.134. The Hall–Kier alpha value is -2.28. The van der Waals surface area contributed by atoms with Crippen molar-refractivity contribution >= 4 is 20.4 Å². The third kappa shape index (κ3) is 7.35. The smallest absolute Gasteiger partial charge is 0.330 e. The molecular weight excluding hydrogens is 457 g/mol.